The number of aromatic amines is 1. The van der Waals surface area contributed by atoms with Crippen molar-refractivity contribution in [2.75, 3.05) is 0 Å². The van der Waals surface area contributed by atoms with Crippen molar-refractivity contribution in [2.45, 2.75) is 13.3 Å². The van der Waals surface area contributed by atoms with Crippen LogP contribution >= 0.6 is 0 Å². The minimum atomic E-state index is 1.06. The Labute approximate surface area is 78.5 Å². The van der Waals surface area contributed by atoms with Crippen molar-refractivity contribution in [2.24, 2.45) is 0 Å². The summed E-state index contributed by atoms with van der Waals surface area (Å²) < 4.78 is 0. The SMILES string of the molecule is C/C=C\C=C/C1=CCc2cc[nH]c21. The summed E-state index contributed by atoms with van der Waals surface area (Å²) in [7, 11) is 0. The summed E-state index contributed by atoms with van der Waals surface area (Å²) >= 11 is 0. The van der Waals surface area contributed by atoms with Crippen molar-refractivity contribution in [1.29, 1.82) is 0 Å². The van der Waals surface area contributed by atoms with Gasteiger partial charge in [0.15, 0.2) is 0 Å². The van der Waals surface area contributed by atoms with E-state index in [2.05, 4.69) is 29.3 Å². The Hall–Kier alpha value is -1.50. The van der Waals surface area contributed by atoms with Gasteiger partial charge in [-0.1, -0.05) is 30.4 Å². The van der Waals surface area contributed by atoms with Crippen LogP contribution in [0.1, 0.15) is 18.2 Å². The van der Waals surface area contributed by atoms with Gasteiger partial charge in [0.25, 0.3) is 0 Å². The number of allylic oxidation sites excluding steroid dienone is 6. The second-order valence-corrected chi connectivity index (χ2v) is 3.13. The number of hydrogen-bond donors (Lipinski definition) is 1. The summed E-state index contributed by atoms with van der Waals surface area (Å²) in [5, 5.41) is 0. The fourth-order valence-electron chi connectivity index (χ4n) is 1.58. The smallest absolute Gasteiger partial charge is 0.0486 e. The van der Waals surface area contributed by atoms with E-state index in [-0.39, 0.29) is 0 Å². The Bertz CT molecular complexity index is 378. The average Bonchev–Trinajstić information content (AvgIpc) is 2.68. The predicted molar refractivity (Wildman–Crippen MR) is 56.4 cm³/mol. The van der Waals surface area contributed by atoms with Crippen LogP contribution in [0.5, 0.6) is 0 Å². The number of hydrogen-bond acceptors (Lipinski definition) is 0. The van der Waals surface area contributed by atoms with E-state index < -0.39 is 0 Å². The van der Waals surface area contributed by atoms with Crippen molar-refractivity contribution >= 4 is 5.57 Å². The maximum absolute atomic E-state index is 3.25. The molecule has 13 heavy (non-hydrogen) atoms. The lowest BCUT2D eigenvalue weighted by molar-refractivity contribution is 1.31. The fourth-order valence-corrected chi connectivity index (χ4v) is 1.58. The summed E-state index contributed by atoms with van der Waals surface area (Å²) in [6, 6.07) is 2.14. The molecular weight excluding hydrogens is 158 g/mol. The van der Waals surface area contributed by atoms with E-state index in [9.17, 15) is 0 Å². The third kappa shape index (κ3) is 1.50. The van der Waals surface area contributed by atoms with Crippen LogP contribution in [-0.2, 0) is 6.42 Å². The minimum Gasteiger partial charge on any atom is -0.361 e. The average molecular weight is 171 g/mol. The van der Waals surface area contributed by atoms with Crippen LogP contribution in [0.15, 0.2) is 42.6 Å². The van der Waals surface area contributed by atoms with Gasteiger partial charge in [0.05, 0.1) is 0 Å². The predicted octanol–water partition coefficient (Wildman–Crippen LogP) is 3.09. The van der Waals surface area contributed by atoms with Gasteiger partial charge >= 0.3 is 0 Å². The molecule has 1 aromatic rings. The zero-order valence-electron chi connectivity index (χ0n) is 7.75. The molecule has 0 unspecified atom stereocenters. The van der Waals surface area contributed by atoms with Crippen molar-refractivity contribution in [3.63, 3.8) is 0 Å². The van der Waals surface area contributed by atoms with Gasteiger partial charge in [-0.05, 0) is 30.5 Å². The first-order valence-corrected chi connectivity index (χ1v) is 4.58. The minimum absolute atomic E-state index is 1.06. The second-order valence-electron chi connectivity index (χ2n) is 3.13. The Morgan fingerprint density at radius 2 is 2.31 bits per heavy atom. The quantitative estimate of drug-likeness (QED) is 0.658. The molecule has 1 aliphatic rings. The number of fused-ring (bicyclic) bond motifs is 1. The third-order valence-electron chi connectivity index (χ3n) is 2.24. The molecule has 1 heterocycles. The van der Waals surface area contributed by atoms with E-state index in [4.69, 9.17) is 0 Å². The molecule has 1 aromatic heterocycles. The molecule has 0 aromatic carbocycles. The normalized spacial score (nSPS) is 15.6. The highest BCUT2D eigenvalue weighted by Gasteiger charge is 2.11. The molecule has 0 fully saturated rings. The number of aromatic nitrogens is 1. The van der Waals surface area contributed by atoms with Crippen LogP contribution in [0, 0.1) is 0 Å². The molecule has 0 atom stereocenters. The van der Waals surface area contributed by atoms with Gasteiger partial charge < -0.3 is 4.98 Å². The first-order chi connectivity index (χ1) is 6.42. The number of H-pyrrole nitrogens is 1. The van der Waals surface area contributed by atoms with Gasteiger partial charge in [-0.15, -0.1) is 0 Å². The van der Waals surface area contributed by atoms with Gasteiger partial charge in [0.1, 0.15) is 0 Å². The van der Waals surface area contributed by atoms with Gasteiger partial charge in [0.2, 0.25) is 0 Å². The Morgan fingerprint density at radius 3 is 3.15 bits per heavy atom. The zero-order valence-corrected chi connectivity index (χ0v) is 7.75. The molecule has 66 valence electrons. The lowest BCUT2D eigenvalue weighted by atomic mass is 10.2. The molecule has 0 saturated carbocycles. The van der Waals surface area contributed by atoms with Crippen molar-refractivity contribution in [1.82, 2.24) is 4.98 Å². The molecule has 0 saturated heterocycles. The lowest BCUT2D eigenvalue weighted by Crippen LogP contribution is -1.77. The standard InChI is InChI=1S/C12H13N/c1-2-3-4-5-10-6-7-11-8-9-13-12(10)11/h2-6,8-9,13H,7H2,1H3/b3-2-,5-4-. The summed E-state index contributed by atoms with van der Waals surface area (Å²) in [6.45, 7) is 2.02. The van der Waals surface area contributed by atoms with Crippen molar-refractivity contribution in [3.05, 3.63) is 53.9 Å². The molecule has 1 heteroatoms. The molecule has 0 radical (unpaired) electrons. The van der Waals surface area contributed by atoms with E-state index in [1.807, 2.05) is 25.3 Å². The highest BCUT2D eigenvalue weighted by atomic mass is 14.7. The number of rotatable bonds is 2. The van der Waals surface area contributed by atoms with Crippen LogP contribution in [0.3, 0.4) is 0 Å². The first kappa shape index (κ1) is 8.11. The van der Waals surface area contributed by atoms with E-state index in [1.54, 1.807) is 0 Å². The number of nitrogens with one attached hydrogen (secondary N) is 1. The van der Waals surface area contributed by atoms with Gasteiger partial charge in [0, 0.05) is 11.9 Å². The highest BCUT2D eigenvalue weighted by Crippen LogP contribution is 2.26. The second kappa shape index (κ2) is 3.48. The maximum atomic E-state index is 3.25. The van der Waals surface area contributed by atoms with E-state index >= 15 is 0 Å². The summed E-state index contributed by atoms with van der Waals surface area (Å²) in [5.41, 5.74) is 3.99. The monoisotopic (exact) mass is 171 g/mol. The molecule has 0 aliphatic heterocycles. The Balaban J connectivity index is 2.20. The van der Waals surface area contributed by atoms with Crippen LogP contribution in [0.4, 0.5) is 0 Å². The molecule has 1 aliphatic carbocycles. The van der Waals surface area contributed by atoms with Crippen LogP contribution in [-0.4, -0.2) is 4.98 Å². The van der Waals surface area contributed by atoms with Crippen LogP contribution in [0.25, 0.3) is 5.57 Å². The zero-order chi connectivity index (χ0) is 9.10. The molecule has 1 N–H and O–H groups in total. The summed E-state index contributed by atoms with van der Waals surface area (Å²) in [6.07, 6.45) is 13.6. The van der Waals surface area contributed by atoms with Crippen molar-refractivity contribution < 1.29 is 0 Å². The molecule has 1 nitrogen and oxygen atoms in total. The van der Waals surface area contributed by atoms with Crippen LogP contribution in [0.2, 0.25) is 0 Å². The summed E-state index contributed by atoms with van der Waals surface area (Å²) in [4.78, 5) is 3.25. The van der Waals surface area contributed by atoms with Gasteiger partial charge in [-0.25, -0.2) is 0 Å². The van der Waals surface area contributed by atoms with E-state index in [0.717, 1.165) is 6.42 Å². The Morgan fingerprint density at radius 1 is 1.38 bits per heavy atom. The molecular formula is C12H13N. The maximum Gasteiger partial charge on any atom is 0.0486 e. The fraction of sp³-hybridized carbons (Fsp3) is 0.167. The Kier molecular flexibility index (Phi) is 2.17. The van der Waals surface area contributed by atoms with E-state index in [0.29, 0.717) is 0 Å². The van der Waals surface area contributed by atoms with Gasteiger partial charge in [-0.3, -0.25) is 0 Å². The van der Waals surface area contributed by atoms with Gasteiger partial charge in [-0.2, -0.15) is 0 Å². The first-order valence-electron chi connectivity index (χ1n) is 4.58. The topological polar surface area (TPSA) is 15.8 Å². The van der Waals surface area contributed by atoms with E-state index in [1.165, 1.54) is 16.8 Å². The molecule has 0 spiro atoms. The van der Waals surface area contributed by atoms with Crippen molar-refractivity contribution in [3.8, 4) is 0 Å². The highest BCUT2D eigenvalue weighted by molar-refractivity contribution is 5.77. The third-order valence-corrected chi connectivity index (χ3v) is 2.24. The van der Waals surface area contributed by atoms with Crippen LogP contribution < -0.4 is 0 Å². The molecule has 0 amide bonds. The largest absolute Gasteiger partial charge is 0.361 e. The lowest BCUT2D eigenvalue weighted by Gasteiger charge is -1.92. The molecule has 2 rings (SSSR count). The summed E-state index contributed by atoms with van der Waals surface area (Å²) in [5.74, 6) is 0. The molecule has 0 bridgehead atoms.